The predicted octanol–water partition coefficient (Wildman–Crippen LogP) is 4.69. The van der Waals surface area contributed by atoms with Gasteiger partial charge in [-0.15, -0.1) is 0 Å². The third-order valence-electron chi connectivity index (χ3n) is 4.97. The van der Waals surface area contributed by atoms with Crippen LogP contribution in [0, 0.1) is 0 Å². The molecule has 2 aliphatic rings. The van der Waals surface area contributed by atoms with Gasteiger partial charge < -0.3 is 19.7 Å². The van der Waals surface area contributed by atoms with Gasteiger partial charge in [0, 0.05) is 17.2 Å². The number of rotatable bonds is 2. The highest BCUT2D eigenvalue weighted by atomic mass is 16.5. The maximum atomic E-state index is 10.4. The lowest BCUT2D eigenvalue weighted by atomic mass is 9.88. The highest BCUT2D eigenvalue weighted by molar-refractivity contribution is 5.71. The molecule has 0 spiro atoms. The molecule has 4 heteroatoms. The second-order valence-corrected chi connectivity index (χ2v) is 6.70. The summed E-state index contributed by atoms with van der Waals surface area (Å²) in [6.45, 7) is 8.32. The zero-order valence-corrected chi connectivity index (χ0v) is 14.2. The lowest BCUT2D eigenvalue weighted by Crippen LogP contribution is -2.22. The molecular formula is C21H20O4. The summed E-state index contributed by atoms with van der Waals surface area (Å²) in [5.41, 5.74) is 4.55. The van der Waals surface area contributed by atoms with Crippen molar-refractivity contribution in [3.63, 3.8) is 0 Å². The van der Waals surface area contributed by atoms with Gasteiger partial charge in [-0.2, -0.15) is 0 Å². The van der Waals surface area contributed by atoms with Crippen molar-refractivity contribution in [3.8, 4) is 23.0 Å². The van der Waals surface area contributed by atoms with E-state index in [9.17, 15) is 10.2 Å². The number of aromatic hydroxyl groups is 2. The Labute approximate surface area is 146 Å². The van der Waals surface area contributed by atoms with E-state index in [0.29, 0.717) is 23.7 Å². The van der Waals surface area contributed by atoms with Crippen molar-refractivity contribution < 1.29 is 19.7 Å². The van der Waals surface area contributed by atoms with Crippen molar-refractivity contribution in [1.82, 2.24) is 0 Å². The summed E-state index contributed by atoms with van der Waals surface area (Å²) in [5, 5.41) is 20.0. The molecule has 0 radical (unpaired) electrons. The lowest BCUT2D eigenvalue weighted by Gasteiger charge is -2.27. The minimum Gasteiger partial charge on any atom is -0.508 e. The van der Waals surface area contributed by atoms with Gasteiger partial charge in [0.1, 0.15) is 29.1 Å². The second-order valence-electron chi connectivity index (χ2n) is 6.70. The molecule has 128 valence electrons. The molecule has 2 heterocycles. The van der Waals surface area contributed by atoms with Crippen LogP contribution in [0.3, 0.4) is 0 Å². The Morgan fingerprint density at radius 3 is 2.68 bits per heavy atom. The Bertz CT molecular complexity index is 910. The van der Waals surface area contributed by atoms with E-state index in [-0.39, 0.29) is 23.5 Å². The quantitative estimate of drug-likeness (QED) is 0.781. The van der Waals surface area contributed by atoms with Crippen LogP contribution in [-0.4, -0.2) is 16.8 Å². The summed E-state index contributed by atoms with van der Waals surface area (Å²) >= 11 is 0. The molecule has 0 fully saturated rings. The van der Waals surface area contributed by atoms with Crippen LogP contribution < -0.4 is 9.47 Å². The fourth-order valence-corrected chi connectivity index (χ4v) is 3.40. The molecule has 0 saturated carbocycles. The fraction of sp³-hybridized carbons (Fsp3) is 0.238. The van der Waals surface area contributed by atoms with Crippen molar-refractivity contribution in [2.24, 2.45) is 0 Å². The van der Waals surface area contributed by atoms with Crippen LogP contribution >= 0.6 is 0 Å². The van der Waals surface area contributed by atoms with Gasteiger partial charge in [0.05, 0.1) is 18.1 Å². The van der Waals surface area contributed by atoms with Crippen LogP contribution in [0.25, 0.3) is 6.08 Å². The summed E-state index contributed by atoms with van der Waals surface area (Å²) in [7, 11) is 0. The maximum absolute atomic E-state index is 10.4. The van der Waals surface area contributed by atoms with Gasteiger partial charge >= 0.3 is 0 Å². The van der Waals surface area contributed by atoms with Gasteiger partial charge in [0.25, 0.3) is 0 Å². The minimum absolute atomic E-state index is 0.0601. The molecule has 0 aliphatic carbocycles. The first-order valence-corrected chi connectivity index (χ1v) is 8.28. The molecule has 2 aliphatic heterocycles. The second kappa shape index (κ2) is 5.59. The number of benzene rings is 2. The van der Waals surface area contributed by atoms with Gasteiger partial charge in [-0.25, -0.2) is 0 Å². The zero-order chi connectivity index (χ0) is 17.7. The molecule has 2 N–H and O–H groups in total. The van der Waals surface area contributed by atoms with E-state index in [4.69, 9.17) is 9.47 Å². The van der Waals surface area contributed by atoms with Crippen LogP contribution in [0.4, 0.5) is 0 Å². The summed E-state index contributed by atoms with van der Waals surface area (Å²) in [5.74, 6) is 1.76. The average Bonchev–Trinajstić information content (AvgIpc) is 2.95. The van der Waals surface area contributed by atoms with E-state index in [1.165, 1.54) is 0 Å². The van der Waals surface area contributed by atoms with Crippen molar-refractivity contribution >= 4 is 6.08 Å². The van der Waals surface area contributed by atoms with Crippen molar-refractivity contribution in [2.75, 3.05) is 6.61 Å². The van der Waals surface area contributed by atoms with E-state index in [1.807, 2.05) is 32.1 Å². The Morgan fingerprint density at radius 2 is 1.92 bits per heavy atom. The molecule has 0 unspecified atom stereocenters. The molecule has 2 atom stereocenters. The first kappa shape index (κ1) is 15.6. The number of phenolic OH excluding ortho intramolecular Hbond substituents is 2. The predicted molar refractivity (Wildman–Crippen MR) is 96.3 cm³/mol. The molecular weight excluding hydrogens is 316 g/mol. The highest BCUT2D eigenvalue weighted by Crippen LogP contribution is 2.54. The third kappa shape index (κ3) is 2.45. The Morgan fingerprint density at radius 1 is 1.16 bits per heavy atom. The van der Waals surface area contributed by atoms with E-state index in [0.717, 1.165) is 22.3 Å². The minimum atomic E-state index is -0.182. The normalized spacial score (nSPS) is 20.8. The summed E-state index contributed by atoms with van der Waals surface area (Å²) in [6, 6.07) is 8.69. The Hall–Kier alpha value is -2.88. The maximum Gasteiger partial charge on any atom is 0.138 e. The number of hydrogen-bond donors (Lipinski definition) is 2. The monoisotopic (exact) mass is 336 g/mol. The molecule has 0 aromatic heterocycles. The molecule has 4 rings (SSSR count). The average molecular weight is 336 g/mol. The number of allylic oxidation sites excluding steroid dienone is 2. The summed E-state index contributed by atoms with van der Waals surface area (Å²) in [4.78, 5) is 0. The Balaban J connectivity index is 1.82. The molecule has 25 heavy (non-hydrogen) atoms. The van der Waals surface area contributed by atoms with Gasteiger partial charge in [-0.05, 0) is 43.7 Å². The largest absolute Gasteiger partial charge is 0.508 e. The number of phenols is 2. The van der Waals surface area contributed by atoms with Crippen LogP contribution in [0.1, 0.15) is 42.6 Å². The van der Waals surface area contributed by atoms with Crippen molar-refractivity contribution in [3.05, 3.63) is 64.7 Å². The van der Waals surface area contributed by atoms with Crippen LogP contribution in [-0.2, 0) is 0 Å². The van der Waals surface area contributed by atoms with E-state index in [1.54, 1.807) is 18.2 Å². The van der Waals surface area contributed by atoms with Crippen LogP contribution in [0.15, 0.2) is 48.1 Å². The van der Waals surface area contributed by atoms with Crippen LogP contribution in [0.5, 0.6) is 23.0 Å². The number of fused-ring (bicyclic) bond motifs is 5. The lowest BCUT2D eigenvalue weighted by molar-refractivity contribution is 0.139. The topological polar surface area (TPSA) is 58.9 Å². The Kier molecular flexibility index (Phi) is 3.49. The fourth-order valence-electron chi connectivity index (χ4n) is 3.40. The smallest absolute Gasteiger partial charge is 0.138 e. The van der Waals surface area contributed by atoms with Crippen molar-refractivity contribution in [2.45, 2.75) is 25.9 Å². The molecule has 0 bridgehead atoms. The van der Waals surface area contributed by atoms with Gasteiger partial charge in [-0.1, -0.05) is 18.2 Å². The molecule has 4 nitrogen and oxygen atoms in total. The highest BCUT2D eigenvalue weighted by Gasteiger charge is 2.42. The van der Waals surface area contributed by atoms with E-state index in [2.05, 4.69) is 6.58 Å². The standard InChI is InChI=1S/C21H20O4/c1-11(2)12(3)8-16-18(23)7-6-14-17-10-24-19-9-13(22)4-5-15(19)21(17)25-20(14)16/h4-9,17,21-23H,1,10H2,2-3H3/b12-8+/t17-,21-/m0/s1. The molecule has 2 aromatic carbocycles. The van der Waals surface area contributed by atoms with Gasteiger partial charge in [-0.3, -0.25) is 0 Å². The molecule has 0 saturated heterocycles. The van der Waals surface area contributed by atoms with Gasteiger partial charge in [0.2, 0.25) is 0 Å². The SMILES string of the molecule is C=C(C)/C(C)=C/c1c(O)ccc2c1O[C@H]1c3ccc(O)cc3OC[C@@H]21. The number of ether oxygens (including phenoxy) is 2. The van der Waals surface area contributed by atoms with Crippen LogP contribution in [0.2, 0.25) is 0 Å². The summed E-state index contributed by atoms with van der Waals surface area (Å²) < 4.78 is 12.1. The zero-order valence-electron chi connectivity index (χ0n) is 14.2. The van der Waals surface area contributed by atoms with Crippen molar-refractivity contribution in [1.29, 1.82) is 0 Å². The van der Waals surface area contributed by atoms with E-state index < -0.39 is 0 Å². The van der Waals surface area contributed by atoms with E-state index >= 15 is 0 Å². The third-order valence-corrected chi connectivity index (χ3v) is 4.97. The summed E-state index contributed by atoms with van der Waals surface area (Å²) in [6.07, 6.45) is 1.73. The van der Waals surface area contributed by atoms with Gasteiger partial charge in [0.15, 0.2) is 0 Å². The first-order chi connectivity index (χ1) is 12.0. The molecule has 0 amide bonds. The molecule has 2 aromatic rings. The number of hydrogen-bond acceptors (Lipinski definition) is 4. The first-order valence-electron chi connectivity index (χ1n) is 8.28.